The Hall–Kier alpha value is -0.0400. The van der Waals surface area contributed by atoms with Gasteiger partial charge in [-0.1, -0.05) is 44.9 Å². The van der Waals surface area contributed by atoms with E-state index in [1.54, 1.807) is 0 Å². The van der Waals surface area contributed by atoms with E-state index in [0.29, 0.717) is 0 Å². The van der Waals surface area contributed by atoms with E-state index in [4.69, 9.17) is 0 Å². The first-order valence-corrected chi connectivity index (χ1v) is 7.66. The van der Waals surface area contributed by atoms with Gasteiger partial charge in [0.25, 0.3) is 0 Å². The third kappa shape index (κ3) is 4.45. The smallest absolute Gasteiger partial charge is 0.00204 e. The molecule has 2 fully saturated rings. The molecule has 0 aromatic rings. The Morgan fingerprint density at radius 1 is 0.562 bits per heavy atom. The summed E-state index contributed by atoms with van der Waals surface area (Å²) in [4.78, 5) is 0. The maximum absolute atomic E-state index is 3.75. The van der Waals surface area contributed by atoms with Crippen LogP contribution in [0.3, 0.4) is 0 Å². The first-order chi connectivity index (χ1) is 7.95. The molecule has 2 aliphatic rings. The molecule has 1 heteroatoms. The minimum Gasteiger partial charge on any atom is -0.316 e. The minimum absolute atomic E-state index is 0.992. The van der Waals surface area contributed by atoms with Crippen LogP contribution in [-0.4, -0.2) is 13.1 Å². The third-order valence-corrected chi connectivity index (χ3v) is 4.57. The molecule has 0 saturated heterocycles. The zero-order valence-corrected chi connectivity index (χ0v) is 10.8. The van der Waals surface area contributed by atoms with E-state index in [-0.39, 0.29) is 0 Å². The fraction of sp³-hybridized carbons (Fsp3) is 1.00. The second-order valence-electron chi connectivity index (χ2n) is 6.02. The summed E-state index contributed by atoms with van der Waals surface area (Å²) in [6.45, 7) is 2.60. The molecule has 2 aliphatic carbocycles. The SMILES string of the molecule is C1CCCC(CNCC2CCCCC2)CC1. The zero-order chi connectivity index (χ0) is 11.1. The summed E-state index contributed by atoms with van der Waals surface area (Å²) in [6.07, 6.45) is 16.3. The predicted molar refractivity (Wildman–Crippen MR) is 70.6 cm³/mol. The van der Waals surface area contributed by atoms with Crippen molar-refractivity contribution in [2.24, 2.45) is 11.8 Å². The van der Waals surface area contributed by atoms with Gasteiger partial charge in [0, 0.05) is 0 Å². The number of hydrogen-bond donors (Lipinski definition) is 1. The highest BCUT2D eigenvalue weighted by molar-refractivity contribution is 4.71. The van der Waals surface area contributed by atoms with Crippen LogP contribution in [0, 0.1) is 11.8 Å². The van der Waals surface area contributed by atoms with Gasteiger partial charge in [-0.05, 0) is 50.6 Å². The van der Waals surface area contributed by atoms with E-state index in [0.717, 1.165) is 11.8 Å². The second-order valence-corrected chi connectivity index (χ2v) is 6.02. The van der Waals surface area contributed by atoms with Crippen molar-refractivity contribution in [1.29, 1.82) is 0 Å². The van der Waals surface area contributed by atoms with Crippen molar-refractivity contribution < 1.29 is 0 Å². The van der Waals surface area contributed by atoms with Crippen molar-refractivity contribution in [2.75, 3.05) is 13.1 Å². The highest BCUT2D eigenvalue weighted by Crippen LogP contribution is 2.24. The van der Waals surface area contributed by atoms with E-state index in [1.807, 2.05) is 0 Å². The maximum Gasteiger partial charge on any atom is -0.00204 e. The molecule has 0 aromatic carbocycles. The number of rotatable bonds is 4. The van der Waals surface area contributed by atoms with Gasteiger partial charge < -0.3 is 5.32 Å². The lowest BCUT2D eigenvalue weighted by atomic mass is 9.89. The van der Waals surface area contributed by atoms with Crippen molar-refractivity contribution in [3.8, 4) is 0 Å². The first-order valence-electron chi connectivity index (χ1n) is 7.66. The van der Waals surface area contributed by atoms with E-state index in [2.05, 4.69) is 5.32 Å². The standard InChI is InChI=1S/C15H29N/c1-2-5-9-14(8-4-1)12-16-13-15-10-6-3-7-11-15/h14-16H,1-13H2. The Balaban J connectivity index is 1.55. The van der Waals surface area contributed by atoms with Crippen LogP contribution in [0.25, 0.3) is 0 Å². The van der Waals surface area contributed by atoms with Crippen molar-refractivity contribution in [3.05, 3.63) is 0 Å². The van der Waals surface area contributed by atoms with E-state index in [1.165, 1.54) is 83.7 Å². The normalized spacial score (nSPS) is 25.5. The molecule has 0 spiro atoms. The van der Waals surface area contributed by atoms with Gasteiger partial charge in [0.2, 0.25) is 0 Å². The van der Waals surface area contributed by atoms with Gasteiger partial charge in [0.1, 0.15) is 0 Å². The van der Waals surface area contributed by atoms with E-state index in [9.17, 15) is 0 Å². The summed E-state index contributed by atoms with van der Waals surface area (Å²) in [6, 6.07) is 0. The van der Waals surface area contributed by atoms with E-state index < -0.39 is 0 Å². The molecule has 0 amide bonds. The van der Waals surface area contributed by atoms with Crippen LogP contribution < -0.4 is 5.32 Å². The topological polar surface area (TPSA) is 12.0 Å². The lowest BCUT2D eigenvalue weighted by Gasteiger charge is -2.23. The largest absolute Gasteiger partial charge is 0.316 e. The van der Waals surface area contributed by atoms with E-state index >= 15 is 0 Å². The Morgan fingerprint density at radius 3 is 1.38 bits per heavy atom. The quantitative estimate of drug-likeness (QED) is 0.707. The summed E-state index contributed by atoms with van der Waals surface area (Å²) in [5.41, 5.74) is 0. The Kier molecular flexibility index (Phi) is 5.68. The second kappa shape index (κ2) is 7.32. The Bertz CT molecular complexity index is 164. The van der Waals surface area contributed by atoms with Crippen LogP contribution in [0.5, 0.6) is 0 Å². The van der Waals surface area contributed by atoms with Gasteiger partial charge in [-0.15, -0.1) is 0 Å². The van der Waals surface area contributed by atoms with Crippen LogP contribution in [0.1, 0.15) is 70.6 Å². The maximum atomic E-state index is 3.75. The molecular formula is C15H29N. The van der Waals surface area contributed by atoms with Gasteiger partial charge >= 0.3 is 0 Å². The van der Waals surface area contributed by atoms with Crippen molar-refractivity contribution >= 4 is 0 Å². The fourth-order valence-corrected chi connectivity index (χ4v) is 3.45. The molecular weight excluding hydrogens is 194 g/mol. The molecule has 1 N–H and O–H groups in total. The van der Waals surface area contributed by atoms with Gasteiger partial charge in [-0.2, -0.15) is 0 Å². The Labute approximate surface area is 101 Å². The summed E-state index contributed by atoms with van der Waals surface area (Å²) >= 11 is 0. The van der Waals surface area contributed by atoms with Crippen LogP contribution >= 0.6 is 0 Å². The number of hydrogen-bond acceptors (Lipinski definition) is 1. The molecule has 0 aliphatic heterocycles. The molecule has 0 heterocycles. The van der Waals surface area contributed by atoms with Crippen LogP contribution in [0.2, 0.25) is 0 Å². The van der Waals surface area contributed by atoms with Crippen molar-refractivity contribution in [2.45, 2.75) is 70.6 Å². The lowest BCUT2D eigenvalue weighted by molar-refractivity contribution is 0.326. The zero-order valence-electron chi connectivity index (χ0n) is 10.8. The number of nitrogens with one attached hydrogen (secondary N) is 1. The molecule has 2 rings (SSSR count). The molecule has 16 heavy (non-hydrogen) atoms. The highest BCUT2D eigenvalue weighted by Gasteiger charge is 2.15. The van der Waals surface area contributed by atoms with Gasteiger partial charge in [0.05, 0.1) is 0 Å². The fourth-order valence-electron chi connectivity index (χ4n) is 3.45. The monoisotopic (exact) mass is 223 g/mol. The minimum atomic E-state index is 0.992. The molecule has 0 aromatic heterocycles. The summed E-state index contributed by atoms with van der Waals surface area (Å²) in [5, 5.41) is 3.75. The van der Waals surface area contributed by atoms with Gasteiger partial charge in [0.15, 0.2) is 0 Å². The summed E-state index contributed by atoms with van der Waals surface area (Å²) < 4.78 is 0. The molecule has 0 unspecified atom stereocenters. The molecule has 0 atom stereocenters. The van der Waals surface area contributed by atoms with Crippen LogP contribution in [0.15, 0.2) is 0 Å². The summed E-state index contributed by atoms with van der Waals surface area (Å²) in [5.74, 6) is 1.99. The average Bonchev–Trinajstić information content (AvgIpc) is 2.59. The molecule has 94 valence electrons. The third-order valence-electron chi connectivity index (χ3n) is 4.57. The Morgan fingerprint density at radius 2 is 0.938 bits per heavy atom. The van der Waals surface area contributed by atoms with Crippen molar-refractivity contribution in [3.63, 3.8) is 0 Å². The molecule has 0 bridgehead atoms. The molecule has 0 radical (unpaired) electrons. The van der Waals surface area contributed by atoms with Crippen LogP contribution in [0.4, 0.5) is 0 Å². The van der Waals surface area contributed by atoms with Gasteiger partial charge in [-0.3, -0.25) is 0 Å². The highest BCUT2D eigenvalue weighted by atomic mass is 14.9. The lowest BCUT2D eigenvalue weighted by Crippen LogP contribution is -2.29. The van der Waals surface area contributed by atoms with Crippen molar-refractivity contribution in [1.82, 2.24) is 5.32 Å². The summed E-state index contributed by atoms with van der Waals surface area (Å²) in [7, 11) is 0. The first kappa shape index (κ1) is 12.4. The predicted octanol–water partition coefficient (Wildman–Crippen LogP) is 4.13. The van der Waals surface area contributed by atoms with Gasteiger partial charge in [-0.25, -0.2) is 0 Å². The molecule has 1 nitrogen and oxygen atoms in total. The van der Waals surface area contributed by atoms with Crippen LogP contribution in [-0.2, 0) is 0 Å². The molecule has 2 saturated carbocycles. The average molecular weight is 223 g/mol.